The summed E-state index contributed by atoms with van der Waals surface area (Å²) in [6.45, 7) is 5.54. The Hall–Kier alpha value is -3.39. The van der Waals surface area contributed by atoms with Gasteiger partial charge in [-0.3, -0.25) is 10.00 Å². The SMILES string of the molecule is CCc1noc2c1/C=C/c1[nH]nc3ccc(cc13)-c1cnn(C)c1O[C@@H](C)CN(C)C2. The monoisotopic (exact) mass is 418 g/mol. The van der Waals surface area contributed by atoms with Crippen LogP contribution in [0.5, 0.6) is 5.88 Å². The number of hydrogen-bond donors (Lipinski definition) is 1. The van der Waals surface area contributed by atoms with Crippen LogP contribution in [0, 0.1) is 0 Å². The van der Waals surface area contributed by atoms with Gasteiger partial charge in [0, 0.05) is 24.5 Å². The maximum absolute atomic E-state index is 6.35. The second kappa shape index (κ2) is 7.70. The molecule has 1 aliphatic rings. The number of fused-ring (bicyclic) bond motifs is 4. The number of nitrogens with one attached hydrogen (secondary N) is 1. The highest BCUT2D eigenvalue weighted by Crippen LogP contribution is 2.33. The molecule has 0 radical (unpaired) electrons. The molecule has 2 bridgehead atoms. The summed E-state index contributed by atoms with van der Waals surface area (Å²) in [7, 11) is 3.96. The first-order chi connectivity index (χ1) is 15.0. The van der Waals surface area contributed by atoms with E-state index in [1.165, 1.54) is 0 Å². The number of aromatic nitrogens is 5. The summed E-state index contributed by atoms with van der Waals surface area (Å²) in [5, 5.41) is 17.4. The van der Waals surface area contributed by atoms with Gasteiger partial charge in [0.25, 0.3) is 0 Å². The summed E-state index contributed by atoms with van der Waals surface area (Å²) in [6.07, 6.45) is 6.76. The quantitative estimate of drug-likeness (QED) is 0.505. The van der Waals surface area contributed by atoms with Gasteiger partial charge in [0.05, 0.1) is 35.2 Å². The molecule has 160 valence electrons. The minimum atomic E-state index is -0.0370. The van der Waals surface area contributed by atoms with Crippen molar-refractivity contribution in [3.05, 3.63) is 47.1 Å². The van der Waals surface area contributed by atoms with Crippen molar-refractivity contribution in [1.82, 2.24) is 30.0 Å². The zero-order valence-corrected chi connectivity index (χ0v) is 18.2. The molecule has 31 heavy (non-hydrogen) atoms. The number of hydrogen-bond acceptors (Lipinski definition) is 6. The van der Waals surface area contributed by atoms with E-state index in [2.05, 4.69) is 70.5 Å². The Morgan fingerprint density at radius 3 is 2.94 bits per heavy atom. The topological polar surface area (TPSA) is 85.0 Å². The molecule has 0 unspecified atom stereocenters. The predicted molar refractivity (Wildman–Crippen MR) is 120 cm³/mol. The van der Waals surface area contributed by atoms with Crippen LogP contribution in [0.15, 0.2) is 28.9 Å². The van der Waals surface area contributed by atoms with Crippen LogP contribution in [0.3, 0.4) is 0 Å². The molecule has 1 N–H and O–H groups in total. The Kier molecular flexibility index (Phi) is 4.86. The van der Waals surface area contributed by atoms with Crippen molar-refractivity contribution in [1.29, 1.82) is 0 Å². The lowest BCUT2D eigenvalue weighted by Crippen LogP contribution is -2.31. The summed E-state index contributed by atoms with van der Waals surface area (Å²) < 4.78 is 13.8. The smallest absolute Gasteiger partial charge is 0.219 e. The second-order valence-electron chi connectivity index (χ2n) is 8.13. The molecule has 0 saturated heterocycles. The number of aryl methyl sites for hydroxylation is 2. The van der Waals surface area contributed by atoms with Crippen LogP contribution in [0.25, 0.3) is 34.2 Å². The van der Waals surface area contributed by atoms with Crippen LogP contribution in [0.4, 0.5) is 0 Å². The molecule has 0 amide bonds. The molecule has 3 aromatic heterocycles. The first-order valence-corrected chi connectivity index (χ1v) is 10.5. The Labute approximate surface area is 180 Å². The minimum Gasteiger partial charge on any atom is -0.473 e. The number of rotatable bonds is 1. The van der Waals surface area contributed by atoms with E-state index in [0.29, 0.717) is 6.54 Å². The number of likely N-dealkylation sites (N-methyl/N-ethyl adjacent to an activating group) is 1. The van der Waals surface area contributed by atoms with Gasteiger partial charge in [-0.05, 0) is 50.2 Å². The van der Waals surface area contributed by atoms with E-state index < -0.39 is 0 Å². The van der Waals surface area contributed by atoms with Gasteiger partial charge in [-0.1, -0.05) is 18.1 Å². The zero-order valence-electron chi connectivity index (χ0n) is 18.2. The molecule has 1 aromatic carbocycles. The van der Waals surface area contributed by atoms with Crippen LogP contribution in [0.2, 0.25) is 0 Å². The van der Waals surface area contributed by atoms with Gasteiger partial charge in [-0.25, -0.2) is 4.68 Å². The van der Waals surface area contributed by atoms with E-state index in [-0.39, 0.29) is 6.10 Å². The summed E-state index contributed by atoms with van der Waals surface area (Å²) in [5.41, 5.74) is 5.85. The highest BCUT2D eigenvalue weighted by Gasteiger charge is 2.20. The van der Waals surface area contributed by atoms with E-state index in [1.807, 2.05) is 19.3 Å². The maximum Gasteiger partial charge on any atom is 0.219 e. The van der Waals surface area contributed by atoms with Gasteiger partial charge in [0.2, 0.25) is 5.88 Å². The largest absolute Gasteiger partial charge is 0.473 e. The predicted octanol–water partition coefficient (Wildman–Crippen LogP) is 3.90. The maximum atomic E-state index is 6.35. The fraction of sp³-hybridized carbons (Fsp3) is 0.348. The first kappa shape index (κ1) is 19.6. The normalized spacial score (nSPS) is 18.3. The Morgan fingerprint density at radius 1 is 1.23 bits per heavy atom. The molecule has 8 heteroatoms. The van der Waals surface area contributed by atoms with Crippen molar-refractivity contribution in [2.45, 2.75) is 32.9 Å². The average molecular weight is 419 g/mol. The lowest BCUT2D eigenvalue weighted by Gasteiger charge is -2.22. The third-order valence-corrected chi connectivity index (χ3v) is 5.70. The van der Waals surface area contributed by atoms with E-state index >= 15 is 0 Å². The van der Waals surface area contributed by atoms with Crippen LogP contribution >= 0.6 is 0 Å². The summed E-state index contributed by atoms with van der Waals surface area (Å²) >= 11 is 0. The number of aromatic amines is 1. The number of ether oxygens (including phenoxy) is 1. The molecule has 1 atom stereocenters. The van der Waals surface area contributed by atoms with E-state index in [1.54, 1.807) is 4.68 Å². The van der Waals surface area contributed by atoms with Crippen molar-refractivity contribution in [3.63, 3.8) is 0 Å². The van der Waals surface area contributed by atoms with Crippen molar-refractivity contribution < 1.29 is 9.26 Å². The lowest BCUT2D eigenvalue weighted by atomic mass is 10.0. The van der Waals surface area contributed by atoms with E-state index in [9.17, 15) is 0 Å². The van der Waals surface area contributed by atoms with Gasteiger partial charge in [-0.15, -0.1) is 0 Å². The molecule has 0 saturated carbocycles. The molecule has 4 heterocycles. The van der Waals surface area contributed by atoms with E-state index in [4.69, 9.17) is 9.26 Å². The van der Waals surface area contributed by atoms with Gasteiger partial charge >= 0.3 is 0 Å². The number of nitrogens with zero attached hydrogens (tertiary/aromatic N) is 5. The van der Waals surface area contributed by atoms with E-state index in [0.717, 1.165) is 63.6 Å². The Bertz CT molecular complexity index is 1260. The molecule has 4 aromatic rings. The fourth-order valence-electron chi connectivity index (χ4n) is 4.16. The van der Waals surface area contributed by atoms with Crippen molar-refractivity contribution in [2.24, 2.45) is 7.05 Å². The standard InChI is InChI=1S/C23H26N6O2/c1-5-19-16-7-9-21-17-10-15(6-8-20(17)25-26-21)18-11-24-29(4)23(18)30-14(2)12-28(3)13-22(16)31-27-19/h6-11,14H,5,12-13H2,1-4H3,(H,25,26)/b9-7+/t14-/m0/s1. The van der Waals surface area contributed by atoms with Gasteiger partial charge < -0.3 is 9.26 Å². The highest BCUT2D eigenvalue weighted by molar-refractivity contribution is 5.93. The summed E-state index contributed by atoms with van der Waals surface area (Å²) in [6, 6.07) is 6.21. The van der Waals surface area contributed by atoms with Crippen molar-refractivity contribution in [2.75, 3.05) is 13.6 Å². The van der Waals surface area contributed by atoms with Gasteiger partial charge in [0.15, 0.2) is 5.76 Å². The molecule has 5 rings (SSSR count). The second-order valence-corrected chi connectivity index (χ2v) is 8.13. The average Bonchev–Trinajstić information content (AvgIpc) is 3.43. The van der Waals surface area contributed by atoms with Gasteiger partial charge in [-0.2, -0.15) is 10.2 Å². The fourth-order valence-corrected chi connectivity index (χ4v) is 4.16. The molecular weight excluding hydrogens is 392 g/mol. The van der Waals surface area contributed by atoms with Crippen molar-refractivity contribution in [3.8, 4) is 17.0 Å². The Morgan fingerprint density at radius 2 is 2.10 bits per heavy atom. The summed E-state index contributed by atoms with van der Waals surface area (Å²) in [5.74, 6) is 1.60. The molecule has 0 spiro atoms. The van der Waals surface area contributed by atoms with Gasteiger partial charge in [0.1, 0.15) is 6.10 Å². The third kappa shape index (κ3) is 3.53. The zero-order chi connectivity index (χ0) is 21.5. The summed E-state index contributed by atoms with van der Waals surface area (Å²) in [4.78, 5) is 2.19. The molecule has 1 aliphatic heterocycles. The molecule has 8 nitrogen and oxygen atoms in total. The molecule has 0 fully saturated rings. The minimum absolute atomic E-state index is 0.0370. The van der Waals surface area contributed by atoms with Crippen LogP contribution in [-0.4, -0.2) is 49.7 Å². The van der Waals surface area contributed by atoms with Crippen molar-refractivity contribution >= 4 is 23.1 Å². The lowest BCUT2D eigenvalue weighted by molar-refractivity contribution is 0.142. The third-order valence-electron chi connectivity index (χ3n) is 5.70. The molecular formula is C23H26N6O2. The first-order valence-electron chi connectivity index (χ1n) is 10.5. The molecule has 0 aliphatic carbocycles. The van der Waals surface area contributed by atoms with Crippen LogP contribution in [-0.2, 0) is 20.0 Å². The highest BCUT2D eigenvalue weighted by atomic mass is 16.5. The van der Waals surface area contributed by atoms with Crippen LogP contribution < -0.4 is 4.74 Å². The number of H-pyrrole nitrogens is 1. The number of benzene rings is 1. The Balaban J connectivity index is 1.68. The van der Waals surface area contributed by atoms with Crippen LogP contribution in [0.1, 0.15) is 36.6 Å².